The van der Waals surface area contributed by atoms with Gasteiger partial charge in [-0.15, -0.1) is 11.6 Å². The predicted octanol–water partition coefficient (Wildman–Crippen LogP) is 9.07. The lowest BCUT2D eigenvalue weighted by molar-refractivity contribution is 0.376. The van der Waals surface area contributed by atoms with Crippen molar-refractivity contribution in [3.05, 3.63) is 35.9 Å². The third kappa shape index (κ3) is 16.2. The first-order chi connectivity index (χ1) is 13.6. The Hall–Kier alpha value is -0.570. The third-order valence-electron chi connectivity index (χ3n) is 6.41. The van der Waals surface area contributed by atoms with Crippen molar-refractivity contribution in [3.8, 4) is 0 Å². The maximum absolute atomic E-state index is 6.88. The molecule has 0 saturated heterocycles. The van der Waals surface area contributed by atoms with E-state index in [1.807, 2.05) is 0 Å². The van der Waals surface area contributed by atoms with Gasteiger partial charge in [0.25, 0.3) is 0 Å². The summed E-state index contributed by atoms with van der Waals surface area (Å²) in [7, 11) is 0. The molecule has 0 saturated carbocycles. The molecule has 5 N–H and O–H groups in total. The SMILES string of the molecule is CCCCCCCCCCCCCCCCC(C)C(C)(Cl)Cc1ccccc1.N.O. The van der Waals surface area contributed by atoms with Crippen LogP contribution in [0.15, 0.2) is 30.3 Å². The Labute approximate surface area is 193 Å². The number of benzene rings is 1. The lowest BCUT2D eigenvalue weighted by Crippen LogP contribution is -2.29. The first kappa shape index (κ1) is 31.6. The van der Waals surface area contributed by atoms with Crippen molar-refractivity contribution in [3.63, 3.8) is 0 Å². The van der Waals surface area contributed by atoms with E-state index in [4.69, 9.17) is 11.6 Å². The Kier molecular flexibility index (Phi) is 21.4. The molecule has 1 rings (SSSR count). The standard InChI is InChI=1S/C27H47Cl.H3N.H2O/c1-4-5-6-7-8-9-10-11-12-13-14-15-16-18-21-25(2)27(3,28)24-26-22-19-17-20-23-26;;/h17,19-20,22-23,25H,4-16,18,21,24H2,1-3H3;1H3;1H2. The van der Waals surface area contributed by atoms with Crippen LogP contribution in [0.5, 0.6) is 0 Å². The summed E-state index contributed by atoms with van der Waals surface area (Å²) in [6, 6.07) is 10.7. The van der Waals surface area contributed by atoms with Gasteiger partial charge in [-0.2, -0.15) is 0 Å². The van der Waals surface area contributed by atoms with Crippen molar-refractivity contribution in [2.45, 2.75) is 128 Å². The molecule has 2 atom stereocenters. The highest BCUT2D eigenvalue weighted by Gasteiger charge is 2.28. The zero-order valence-electron chi connectivity index (χ0n) is 20.4. The highest BCUT2D eigenvalue weighted by Crippen LogP contribution is 2.32. The van der Waals surface area contributed by atoms with Crippen LogP contribution in [0.25, 0.3) is 0 Å². The average Bonchev–Trinajstić information content (AvgIpc) is 2.68. The molecule has 0 heterocycles. The molecule has 2 unspecified atom stereocenters. The van der Waals surface area contributed by atoms with E-state index in [-0.39, 0.29) is 16.5 Å². The molecule has 3 heteroatoms. The van der Waals surface area contributed by atoms with E-state index in [0.717, 1.165) is 6.42 Å². The third-order valence-corrected chi connectivity index (χ3v) is 6.92. The molecular weight excluding hydrogens is 390 g/mol. The largest absolute Gasteiger partial charge is 0.412 e. The number of hydrogen-bond donors (Lipinski definition) is 1. The van der Waals surface area contributed by atoms with Gasteiger partial charge in [0, 0.05) is 4.87 Å². The number of unbranched alkanes of at least 4 members (excludes halogenated alkanes) is 13. The van der Waals surface area contributed by atoms with E-state index < -0.39 is 0 Å². The Bertz CT molecular complexity index is 463. The van der Waals surface area contributed by atoms with Gasteiger partial charge in [-0.25, -0.2) is 0 Å². The van der Waals surface area contributed by atoms with E-state index in [9.17, 15) is 0 Å². The summed E-state index contributed by atoms with van der Waals surface area (Å²) < 4.78 is 0. The van der Waals surface area contributed by atoms with Crippen LogP contribution in [0.2, 0.25) is 0 Å². The quantitative estimate of drug-likeness (QED) is 0.179. The highest BCUT2D eigenvalue weighted by molar-refractivity contribution is 6.24. The van der Waals surface area contributed by atoms with E-state index in [2.05, 4.69) is 51.1 Å². The molecule has 0 amide bonds. The molecule has 30 heavy (non-hydrogen) atoms. The van der Waals surface area contributed by atoms with Gasteiger partial charge in [-0.1, -0.05) is 134 Å². The minimum atomic E-state index is -0.127. The fraction of sp³-hybridized carbons (Fsp3) is 0.778. The summed E-state index contributed by atoms with van der Waals surface area (Å²) >= 11 is 6.88. The molecular formula is C27H52ClNO. The van der Waals surface area contributed by atoms with Crippen molar-refractivity contribution < 1.29 is 5.48 Å². The van der Waals surface area contributed by atoms with Gasteiger partial charge in [0.1, 0.15) is 0 Å². The van der Waals surface area contributed by atoms with Crippen LogP contribution in [0, 0.1) is 5.92 Å². The second-order valence-electron chi connectivity index (χ2n) is 9.23. The van der Waals surface area contributed by atoms with Crippen LogP contribution in [-0.4, -0.2) is 10.4 Å². The van der Waals surface area contributed by atoms with Gasteiger partial charge in [-0.3, -0.25) is 0 Å². The molecule has 1 aromatic rings. The topological polar surface area (TPSA) is 66.5 Å². The predicted molar refractivity (Wildman–Crippen MR) is 137 cm³/mol. The fourth-order valence-corrected chi connectivity index (χ4v) is 4.38. The zero-order valence-corrected chi connectivity index (χ0v) is 21.1. The molecule has 0 spiro atoms. The smallest absolute Gasteiger partial charge is 0.0484 e. The van der Waals surface area contributed by atoms with Gasteiger partial charge in [0.2, 0.25) is 0 Å². The number of rotatable bonds is 18. The van der Waals surface area contributed by atoms with Crippen LogP contribution in [-0.2, 0) is 6.42 Å². The summed E-state index contributed by atoms with van der Waals surface area (Å²) in [5.41, 5.74) is 1.35. The second-order valence-corrected chi connectivity index (χ2v) is 10.1. The Balaban J connectivity index is 0. The zero-order chi connectivity index (χ0) is 20.5. The van der Waals surface area contributed by atoms with Gasteiger partial charge < -0.3 is 11.6 Å². The lowest BCUT2D eigenvalue weighted by Gasteiger charge is -2.29. The minimum absolute atomic E-state index is 0. The van der Waals surface area contributed by atoms with E-state index in [1.165, 1.54) is 102 Å². The van der Waals surface area contributed by atoms with Gasteiger partial charge >= 0.3 is 0 Å². The number of alkyl halides is 1. The normalized spacial score (nSPS) is 13.7. The van der Waals surface area contributed by atoms with Crippen LogP contribution in [0.1, 0.15) is 123 Å². The summed E-state index contributed by atoms with van der Waals surface area (Å²) in [4.78, 5) is -0.127. The molecule has 0 aliphatic carbocycles. The molecule has 1 aromatic carbocycles. The Morgan fingerprint density at radius 3 is 1.57 bits per heavy atom. The van der Waals surface area contributed by atoms with Crippen molar-refractivity contribution >= 4 is 11.6 Å². The molecule has 178 valence electrons. The first-order valence-electron chi connectivity index (χ1n) is 12.3. The van der Waals surface area contributed by atoms with Crippen molar-refractivity contribution in [1.82, 2.24) is 6.15 Å². The van der Waals surface area contributed by atoms with Gasteiger partial charge in [0.05, 0.1) is 0 Å². The number of halogens is 1. The summed E-state index contributed by atoms with van der Waals surface area (Å²) in [6.07, 6.45) is 22.2. The van der Waals surface area contributed by atoms with Crippen molar-refractivity contribution in [2.75, 3.05) is 0 Å². The summed E-state index contributed by atoms with van der Waals surface area (Å²) in [6.45, 7) is 6.84. The fourth-order valence-electron chi connectivity index (χ4n) is 4.12. The van der Waals surface area contributed by atoms with Crippen LogP contribution >= 0.6 is 11.6 Å². The molecule has 0 aromatic heterocycles. The molecule has 0 radical (unpaired) electrons. The molecule has 0 aliphatic rings. The van der Waals surface area contributed by atoms with Crippen LogP contribution < -0.4 is 6.15 Å². The Morgan fingerprint density at radius 1 is 0.733 bits per heavy atom. The first-order valence-corrected chi connectivity index (χ1v) is 12.7. The average molecular weight is 442 g/mol. The molecule has 0 aliphatic heterocycles. The summed E-state index contributed by atoms with van der Waals surface area (Å²) in [5, 5.41) is 0. The molecule has 0 fully saturated rings. The maximum Gasteiger partial charge on any atom is 0.0484 e. The second kappa shape index (κ2) is 20.3. The lowest BCUT2D eigenvalue weighted by atomic mass is 9.85. The monoisotopic (exact) mass is 441 g/mol. The van der Waals surface area contributed by atoms with E-state index in [0.29, 0.717) is 5.92 Å². The molecule has 0 bridgehead atoms. The van der Waals surface area contributed by atoms with Gasteiger partial charge in [-0.05, 0) is 31.2 Å². The Morgan fingerprint density at radius 2 is 1.13 bits per heavy atom. The van der Waals surface area contributed by atoms with Crippen LogP contribution in [0.4, 0.5) is 0 Å². The molecule has 2 nitrogen and oxygen atoms in total. The van der Waals surface area contributed by atoms with E-state index in [1.54, 1.807) is 0 Å². The highest BCUT2D eigenvalue weighted by atomic mass is 35.5. The van der Waals surface area contributed by atoms with Crippen molar-refractivity contribution in [2.24, 2.45) is 5.92 Å². The number of hydrogen-bond acceptors (Lipinski definition) is 1. The maximum atomic E-state index is 6.88. The van der Waals surface area contributed by atoms with E-state index >= 15 is 0 Å². The minimum Gasteiger partial charge on any atom is -0.412 e. The van der Waals surface area contributed by atoms with Gasteiger partial charge in [0.15, 0.2) is 0 Å². The van der Waals surface area contributed by atoms with Crippen molar-refractivity contribution in [1.29, 1.82) is 0 Å². The summed E-state index contributed by atoms with van der Waals surface area (Å²) in [5.74, 6) is 0.562. The van der Waals surface area contributed by atoms with Crippen LogP contribution in [0.3, 0.4) is 0 Å².